The zero-order chi connectivity index (χ0) is 24.1. The first-order valence-corrected chi connectivity index (χ1v) is 13.4. The zero-order valence-electron chi connectivity index (χ0n) is 18.8. The summed E-state index contributed by atoms with van der Waals surface area (Å²) in [7, 11) is -3.68. The smallest absolute Gasteiger partial charge is 0.350 e. The highest BCUT2D eigenvalue weighted by molar-refractivity contribution is 7.89. The number of hydrogen-bond acceptors (Lipinski definition) is 6. The number of nitrogens with zero attached hydrogens (tertiary/aromatic N) is 1. The van der Waals surface area contributed by atoms with Crippen LogP contribution in [0.3, 0.4) is 0 Å². The Bertz CT molecular complexity index is 1260. The highest BCUT2D eigenvalue weighted by atomic mass is 32.2. The fourth-order valence-electron chi connectivity index (χ4n) is 3.93. The fourth-order valence-corrected chi connectivity index (χ4v) is 6.49. The minimum absolute atomic E-state index is 0.0908. The molecule has 1 amide bonds. The average Bonchev–Trinajstić information content (AvgIpc) is 3.29. The van der Waals surface area contributed by atoms with Crippen LogP contribution in [0.1, 0.15) is 29.4 Å². The van der Waals surface area contributed by atoms with Gasteiger partial charge in [-0.3, -0.25) is 4.79 Å². The number of esters is 1. The number of ether oxygens (including phenoxy) is 1. The Kier molecular flexibility index (Phi) is 7.45. The summed E-state index contributed by atoms with van der Waals surface area (Å²) in [6, 6.07) is 19.6. The molecule has 2 aromatic carbocycles. The maximum Gasteiger partial charge on any atom is 0.350 e. The summed E-state index contributed by atoms with van der Waals surface area (Å²) in [5, 5.41) is 2.87. The maximum atomic E-state index is 13.2. The van der Waals surface area contributed by atoms with Crippen molar-refractivity contribution in [3.05, 3.63) is 71.6 Å². The first-order valence-electron chi connectivity index (χ1n) is 11.1. The van der Waals surface area contributed by atoms with Gasteiger partial charge >= 0.3 is 5.97 Å². The molecular formula is C25H26N2O5S2. The molecule has 34 heavy (non-hydrogen) atoms. The Morgan fingerprint density at radius 2 is 1.76 bits per heavy atom. The molecule has 0 bridgehead atoms. The van der Waals surface area contributed by atoms with E-state index in [1.807, 2.05) is 30.3 Å². The van der Waals surface area contributed by atoms with E-state index in [0.29, 0.717) is 30.0 Å². The molecule has 1 atom stereocenters. The van der Waals surface area contributed by atoms with Crippen molar-refractivity contribution in [3.63, 3.8) is 0 Å². The lowest BCUT2D eigenvalue weighted by Gasteiger charge is -2.31. The summed E-state index contributed by atoms with van der Waals surface area (Å²) in [6.45, 7) is 2.41. The molecule has 1 saturated heterocycles. The molecule has 7 nitrogen and oxygen atoms in total. The van der Waals surface area contributed by atoms with Crippen molar-refractivity contribution < 1.29 is 22.7 Å². The number of anilines is 1. The van der Waals surface area contributed by atoms with Gasteiger partial charge in [0.25, 0.3) is 0 Å². The van der Waals surface area contributed by atoms with Gasteiger partial charge in [-0.25, -0.2) is 13.2 Å². The number of amides is 1. The van der Waals surface area contributed by atoms with E-state index in [9.17, 15) is 18.0 Å². The SMILES string of the molecule is CCOC(=O)c1sc(-c2ccccc2)cc1NC(=O)C1CCCN(S(=O)(=O)c2ccccc2)C1. The maximum absolute atomic E-state index is 13.2. The number of piperidine rings is 1. The molecule has 1 fully saturated rings. The Hall–Kier alpha value is -3.01. The minimum Gasteiger partial charge on any atom is -0.462 e. The van der Waals surface area contributed by atoms with Crippen molar-refractivity contribution in [2.45, 2.75) is 24.7 Å². The van der Waals surface area contributed by atoms with Crippen LogP contribution in [0.15, 0.2) is 71.6 Å². The molecule has 4 rings (SSSR count). The number of nitrogens with one attached hydrogen (secondary N) is 1. The third-order valence-electron chi connectivity index (χ3n) is 5.64. The highest BCUT2D eigenvalue weighted by Gasteiger charge is 2.34. The average molecular weight is 499 g/mol. The van der Waals surface area contributed by atoms with Crippen molar-refractivity contribution in [2.24, 2.45) is 5.92 Å². The molecule has 1 aliphatic heterocycles. The van der Waals surface area contributed by atoms with Crippen LogP contribution in [0.4, 0.5) is 5.69 Å². The standard InChI is InChI=1S/C25H26N2O5S2/c1-2-32-25(29)23-21(16-22(33-23)18-10-5-3-6-11-18)26-24(28)19-12-9-15-27(17-19)34(30,31)20-13-7-4-8-14-20/h3-8,10-11,13-14,16,19H,2,9,12,15,17H2,1H3,(H,26,28). The van der Waals surface area contributed by atoms with Crippen molar-refractivity contribution in [2.75, 3.05) is 25.0 Å². The van der Waals surface area contributed by atoms with Crippen molar-refractivity contribution in [1.82, 2.24) is 4.31 Å². The van der Waals surface area contributed by atoms with E-state index >= 15 is 0 Å². The number of rotatable bonds is 7. The summed E-state index contributed by atoms with van der Waals surface area (Å²) in [4.78, 5) is 27.1. The first kappa shape index (κ1) is 24.1. The van der Waals surface area contributed by atoms with Crippen LogP contribution < -0.4 is 5.32 Å². The predicted octanol–water partition coefficient (Wildman–Crippen LogP) is 4.63. The van der Waals surface area contributed by atoms with Gasteiger partial charge in [-0.1, -0.05) is 48.5 Å². The second-order valence-corrected chi connectivity index (χ2v) is 10.9. The van der Waals surface area contributed by atoms with Gasteiger partial charge in [0.1, 0.15) is 4.88 Å². The van der Waals surface area contributed by atoms with Crippen LogP contribution in [0.2, 0.25) is 0 Å². The third-order valence-corrected chi connectivity index (χ3v) is 8.69. The fraction of sp³-hybridized carbons (Fsp3) is 0.280. The van der Waals surface area contributed by atoms with Crippen LogP contribution in [-0.4, -0.2) is 44.3 Å². The van der Waals surface area contributed by atoms with Gasteiger partial charge in [-0.15, -0.1) is 11.3 Å². The molecule has 1 N–H and O–H groups in total. The molecule has 2 heterocycles. The number of sulfonamides is 1. The number of hydrogen-bond donors (Lipinski definition) is 1. The largest absolute Gasteiger partial charge is 0.462 e. The Balaban J connectivity index is 1.55. The second-order valence-electron chi connectivity index (χ2n) is 7.94. The molecule has 0 aliphatic carbocycles. The number of carbonyl (C=O) groups excluding carboxylic acids is 2. The summed E-state index contributed by atoms with van der Waals surface area (Å²) in [5.74, 6) is -1.33. The van der Waals surface area contributed by atoms with Gasteiger partial charge in [0.15, 0.2) is 0 Å². The molecule has 178 valence electrons. The van der Waals surface area contributed by atoms with Gasteiger partial charge in [0.05, 0.1) is 23.1 Å². The first-order chi connectivity index (χ1) is 16.4. The minimum atomic E-state index is -3.68. The quantitative estimate of drug-likeness (QED) is 0.480. The van der Waals surface area contributed by atoms with E-state index in [-0.39, 0.29) is 24.0 Å². The highest BCUT2D eigenvalue weighted by Crippen LogP contribution is 2.36. The molecule has 0 saturated carbocycles. The van der Waals surface area contributed by atoms with Gasteiger partial charge < -0.3 is 10.1 Å². The number of thiophene rings is 1. The molecular weight excluding hydrogens is 472 g/mol. The Morgan fingerprint density at radius 1 is 1.09 bits per heavy atom. The molecule has 0 radical (unpaired) electrons. The monoisotopic (exact) mass is 498 g/mol. The van der Waals surface area contributed by atoms with Gasteiger partial charge in [0.2, 0.25) is 15.9 Å². The van der Waals surface area contributed by atoms with Crippen molar-refractivity contribution in [3.8, 4) is 10.4 Å². The molecule has 1 unspecified atom stereocenters. The Morgan fingerprint density at radius 3 is 2.44 bits per heavy atom. The zero-order valence-corrected chi connectivity index (χ0v) is 20.4. The topological polar surface area (TPSA) is 92.8 Å². The lowest BCUT2D eigenvalue weighted by atomic mass is 9.98. The summed E-state index contributed by atoms with van der Waals surface area (Å²) in [6.07, 6.45) is 1.14. The normalized spacial score (nSPS) is 16.7. The molecule has 1 aliphatic rings. The summed E-state index contributed by atoms with van der Waals surface area (Å²) >= 11 is 1.26. The van der Waals surface area contributed by atoms with E-state index in [2.05, 4.69) is 5.32 Å². The van der Waals surface area contributed by atoms with Crippen LogP contribution in [-0.2, 0) is 19.6 Å². The third kappa shape index (κ3) is 5.22. The lowest BCUT2D eigenvalue weighted by Crippen LogP contribution is -2.43. The molecule has 1 aromatic heterocycles. The number of carbonyl (C=O) groups is 2. The number of benzene rings is 2. The van der Waals surface area contributed by atoms with Crippen LogP contribution >= 0.6 is 11.3 Å². The van der Waals surface area contributed by atoms with Crippen LogP contribution in [0.25, 0.3) is 10.4 Å². The van der Waals surface area contributed by atoms with E-state index in [1.54, 1.807) is 43.3 Å². The molecule has 3 aromatic rings. The molecule has 0 spiro atoms. The van der Waals surface area contributed by atoms with Crippen molar-refractivity contribution in [1.29, 1.82) is 0 Å². The van der Waals surface area contributed by atoms with Crippen molar-refractivity contribution >= 4 is 38.9 Å². The van der Waals surface area contributed by atoms with Gasteiger partial charge in [-0.05, 0) is 43.5 Å². The second kappa shape index (κ2) is 10.5. The predicted molar refractivity (Wildman–Crippen MR) is 132 cm³/mol. The summed E-state index contributed by atoms with van der Waals surface area (Å²) < 4.78 is 32.6. The summed E-state index contributed by atoms with van der Waals surface area (Å²) in [5.41, 5.74) is 1.31. The Labute approximate surface area is 203 Å². The van der Waals surface area contributed by atoms with Crippen LogP contribution in [0.5, 0.6) is 0 Å². The van der Waals surface area contributed by atoms with Gasteiger partial charge in [-0.2, -0.15) is 4.31 Å². The lowest BCUT2D eigenvalue weighted by molar-refractivity contribution is -0.120. The van der Waals surface area contributed by atoms with E-state index < -0.39 is 21.9 Å². The van der Waals surface area contributed by atoms with E-state index in [4.69, 9.17) is 4.74 Å². The van der Waals surface area contributed by atoms with E-state index in [0.717, 1.165) is 10.4 Å². The van der Waals surface area contributed by atoms with Crippen LogP contribution in [0, 0.1) is 5.92 Å². The van der Waals surface area contributed by atoms with Gasteiger partial charge in [0, 0.05) is 18.0 Å². The molecule has 9 heteroatoms. The van der Waals surface area contributed by atoms with E-state index in [1.165, 1.54) is 15.6 Å².